The molecule has 7 nitrogen and oxygen atoms in total. The zero-order valence-electron chi connectivity index (χ0n) is 16.8. The first-order valence-corrected chi connectivity index (χ1v) is 12.3. The topological polar surface area (TPSA) is 97.3 Å². The number of anilines is 2. The average Bonchev–Trinajstić information content (AvgIpc) is 3.08. The SMILES string of the molecule is CCn1c(=O)sc2cc(NC(=O)c3ccc(Cl)c(S(=O)(=O)Nc4ccccc4)c3)ccc21. The number of nitrogens with one attached hydrogen (secondary N) is 2. The van der Waals surface area contributed by atoms with Crippen LogP contribution in [0.4, 0.5) is 11.4 Å². The summed E-state index contributed by atoms with van der Waals surface area (Å²) in [5.41, 5.74) is 1.80. The van der Waals surface area contributed by atoms with Gasteiger partial charge >= 0.3 is 4.87 Å². The molecule has 0 spiro atoms. The van der Waals surface area contributed by atoms with E-state index in [0.717, 1.165) is 21.6 Å². The highest BCUT2D eigenvalue weighted by molar-refractivity contribution is 7.92. The molecule has 0 saturated heterocycles. The van der Waals surface area contributed by atoms with E-state index < -0.39 is 15.9 Å². The highest BCUT2D eigenvalue weighted by Crippen LogP contribution is 2.26. The van der Waals surface area contributed by atoms with Gasteiger partial charge in [0.1, 0.15) is 4.90 Å². The fraction of sp³-hybridized carbons (Fsp3) is 0.0909. The number of fused-ring (bicyclic) bond motifs is 1. The number of sulfonamides is 1. The molecule has 164 valence electrons. The van der Waals surface area contributed by atoms with Crippen LogP contribution in [0.5, 0.6) is 0 Å². The number of amides is 1. The van der Waals surface area contributed by atoms with Gasteiger partial charge in [0.25, 0.3) is 15.9 Å². The summed E-state index contributed by atoms with van der Waals surface area (Å²) < 4.78 is 30.5. The van der Waals surface area contributed by atoms with Crippen LogP contribution >= 0.6 is 22.9 Å². The fourth-order valence-electron chi connectivity index (χ4n) is 3.21. The van der Waals surface area contributed by atoms with Gasteiger partial charge in [0.15, 0.2) is 0 Å². The second-order valence-electron chi connectivity index (χ2n) is 6.87. The van der Waals surface area contributed by atoms with Crippen molar-refractivity contribution < 1.29 is 13.2 Å². The van der Waals surface area contributed by atoms with Gasteiger partial charge in [0, 0.05) is 23.5 Å². The van der Waals surface area contributed by atoms with Crippen molar-refractivity contribution in [2.24, 2.45) is 0 Å². The minimum atomic E-state index is -4.00. The molecule has 0 atom stereocenters. The van der Waals surface area contributed by atoms with Crippen molar-refractivity contribution in [3.63, 3.8) is 0 Å². The first-order chi connectivity index (χ1) is 15.3. The molecular weight excluding hydrogens is 470 g/mol. The molecule has 4 rings (SSSR count). The van der Waals surface area contributed by atoms with E-state index in [1.165, 1.54) is 18.2 Å². The summed E-state index contributed by atoms with van der Waals surface area (Å²) >= 11 is 7.23. The number of nitrogens with zero attached hydrogens (tertiary/aromatic N) is 1. The first-order valence-electron chi connectivity index (χ1n) is 9.60. The third-order valence-electron chi connectivity index (χ3n) is 4.75. The molecule has 10 heteroatoms. The van der Waals surface area contributed by atoms with Gasteiger partial charge in [-0.15, -0.1) is 0 Å². The molecule has 4 aromatic rings. The predicted octanol–water partition coefficient (Wildman–Crippen LogP) is 4.79. The maximum absolute atomic E-state index is 12.8. The van der Waals surface area contributed by atoms with Crippen LogP contribution < -0.4 is 14.9 Å². The van der Waals surface area contributed by atoms with Gasteiger partial charge in [-0.1, -0.05) is 41.1 Å². The Hall–Kier alpha value is -3.14. The van der Waals surface area contributed by atoms with E-state index in [4.69, 9.17) is 11.6 Å². The number of thiazole rings is 1. The number of hydrogen-bond donors (Lipinski definition) is 2. The Bertz CT molecular complexity index is 1480. The van der Waals surface area contributed by atoms with Crippen LogP contribution in [0.2, 0.25) is 5.02 Å². The highest BCUT2D eigenvalue weighted by atomic mass is 35.5. The standard InChI is InChI=1S/C22H18ClN3O4S2/c1-2-26-18-11-9-16(13-19(18)31-22(26)28)24-21(27)14-8-10-17(23)20(12-14)32(29,30)25-15-6-4-3-5-7-15/h3-13,25H,2H2,1H3,(H,24,27). The molecule has 0 aliphatic heterocycles. The number of para-hydroxylation sites is 1. The van der Waals surface area contributed by atoms with Crippen LogP contribution in [0.15, 0.2) is 76.4 Å². The smallest absolute Gasteiger partial charge is 0.308 e. The number of aryl methyl sites for hydroxylation is 1. The lowest BCUT2D eigenvalue weighted by atomic mass is 10.2. The summed E-state index contributed by atoms with van der Waals surface area (Å²) in [6.07, 6.45) is 0. The molecule has 0 aliphatic carbocycles. The normalized spacial score (nSPS) is 11.4. The van der Waals surface area contributed by atoms with Crippen LogP contribution in [0.25, 0.3) is 10.2 Å². The number of benzene rings is 3. The summed E-state index contributed by atoms with van der Waals surface area (Å²) in [6, 6.07) is 17.6. The van der Waals surface area contributed by atoms with Crippen LogP contribution in [0.3, 0.4) is 0 Å². The van der Waals surface area contributed by atoms with Crippen molar-refractivity contribution in [3.05, 3.63) is 87.0 Å². The van der Waals surface area contributed by atoms with E-state index in [1.807, 2.05) is 6.92 Å². The van der Waals surface area contributed by atoms with Crippen LogP contribution in [0.1, 0.15) is 17.3 Å². The number of carbonyl (C=O) groups is 1. The lowest BCUT2D eigenvalue weighted by Gasteiger charge is -2.11. The molecule has 0 unspecified atom stereocenters. The summed E-state index contributed by atoms with van der Waals surface area (Å²) in [5, 5.41) is 2.74. The monoisotopic (exact) mass is 487 g/mol. The van der Waals surface area contributed by atoms with Crippen LogP contribution in [-0.4, -0.2) is 18.9 Å². The van der Waals surface area contributed by atoms with E-state index in [-0.39, 0.29) is 20.4 Å². The lowest BCUT2D eigenvalue weighted by molar-refractivity contribution is 0.102. The molecule has 2 N–H and O–H groups in total. The van der Waals surface area contributed by atoms with E-state index in [9.17, 15) is 18.0 Å². The van der Waals surface area contributed by atoms with Crippen molar-refractivity contribution in [2.45, 2.75) is 18.4 Å². The minimum absolute atomic E-state index is 0.00270. The average molecular weight is 488 g/mol. The third kappa shape index (κ3) is 4.40. The summed E-state index contributed by atoms with van der Waals surface area (Å²) in [6.45, 7) is 2.45. The van der Waals surface area contributed by atoms with Gasteiger partial charge in [-0.05, 0) is 55.5 Å². The van der Waals surface area contributed by atoms with Gasteiger partial charge in [-0.3, -0.25) is 18.9 Å². The van der Waals surface area contributed by atoms with Gasteiger partial charge in [-0.25, -0.2) is 8.42 Å². The Morgan fingerprint density at radius 2 is 1.78 bits per heavy atom. The van der Waals surface area contributed by atoms with Crippen molar-refractivity contribution >= 4 is 60.5 Å². The molecule has 1 amide bonds. The zero-order chi connectivity index (χ0) is 22.9. The number of carbonyl (C=O) groups excluding carboxylic acids is 1. The number of halogens is 1. The second kappa shape index (κ2) is 8.78. The largest absolute Gasteiger partial charge is 0.322 e. The maximum Gasteiger partial charge on any atom is 0.308 e. The minimum Gasteiger partial charge on any atom is -0.322 e. The molecule has 0 aliphatic rings. The highest BCUT2D eigenvalue weighted by Gasteiger charge is 2.21. The van der Waals surface area contributed by atoms with E-state index in [0.29, 0.717) is 17.9 Å². The lowest BCUT2D eigenvalue weighted by Crippen LogP contribution is -2.16. The van der Waals surface area contributed by atoms with Crippen LogP contribution in [-0.2, 0) is 16.6 Å². The Labute approximate surface area is 193 Å². The maximum atomic E-state index is 12.8. The molecule has 0 bridgehead atoms. The van der Waals surface area contributed by atoms with Gasteiger partial charge < -0.3 is 5.32 Å². The number of hydrogen-bond acceptors (Lipinski definition) is 5. The molecule has 0 radical (unpaired) electrons. The number of rotatable bonds is 6. The van der Waals surface area contributed by atoms with Gasteiger partial charge in [0.2, 0.25) is 0 Å². The van der Waals surface area contributed by atoms with E-state index >= 15 is 0 Å². The van der Waals surface area contributed by atoms with Crippen molar-refractivity contribution in [2.75, 3.05) is 10.0 Å². The van der Waals surface area contributed by atoms with Gasteiger partial charge in [-0.2, -0.15) is 0 Å². The molecule has 0 saturated carbocycles. The summed E-state index contributed by atoms with van der Waals surface area (Å²) in [4.78, 5) is 24.6. The van der Waals surface area contributed by atoms with Crippen molar-refractivity contribution in [1.29, 1.82) is 0 Å². The quantitative estimate of drug-likeness (QED) is 0.408. The summed E-state index contributed by atoms with van der Waals surface area (Å²) in [5.74, 6) is -0.501. The van der Waals surface area contributed by atoms with Crippen molar-refractivity contribution in [1.82, 2.24) is 4.57 Å². The first kappa shape index (κ1) is 22.1. The third-order valence-corrected chi connectivity index (χ3v) is 7.56. The molecular formula is C22H18ClN3O4S2. The predicted molar refractivity (Wildman–Crippen MR) is 128 cm³/mol. The molecule has 1 heterocycles. The molecule has 1 aromatic heterocycles. The van der Waals surface area contributed by atoms with Gasteiger partial charge in [0.05, 0.1) is 15.2 Å². The van der Waals surface area contributed by atoms with Crippen LogP contribution in [0, 0.1) is 0 Å². The Morgan fingerprint density at radius 3 is 2.50 bits per heavy atom. The Morgan fingerprint density at radius 1 is 1.03 bits per heavy atom. The van der Waals surface area contributed by atoms with E-state index in [1.54, 1.807) is 53.1 Å². The zero-order valence-corrected chi connectivity index (χ0v) is 19.2. The van der Waals surface area contributed by atoms with E-state index in [2.05, 4.69) is 10.0 Å². The second-order valence-corrected chi connectivity index (χ2v) is 9.92. The number of aromatic nitrogens is 1. The van der Waals surface area contributed by atoms with Crippen molar-refractivity contribution in [3.8, 4) is 0 Å². The Balaban J connectivity index is 1.61. The molecule has 0 fully saturated rings. The summed E-state index contributed by atoms with van der Waals surface area (Å²) in [7, 11) is -4.00. The molecule has 32 heavy (non-hydrogen) atoms. The Kier molecular flexibility index (Phi) is 6.05. The fourth-order valence-corrected chi connectivity index (χ4v) is 5.79. The molecule has 3 aromatic carbocycles.